The van der Waals surface area contributed by atoms with Crippen LogP contribution < -0.4 is 0 Å². The van der Waals surface area contributed by atoms with Crippen molar-refractivity contribution >= 4 is 5.97 Å². The number of hydrogen-bond donors (Lipinski definition) is 2. The van der Waals surface area contributed by atoms with Gasteiger partial charge in [0, 0.05) is 6.42 Å². The number of hydrogen-bond acceptors (Lipinski definition) is 3. The molecule has 0 aliphatic carbocycles. The van der Waals surface area contributed by atoms with Crippen LogP contribution >= 0.6 is 0 Å². The highest BCUT2D eigenvalue weighted by Gasteiger charge is 2.29. The average molecular weight is 205 g/mol. The Bertz CT molecular complexity index is 401. The molecular weight excluding hydrogens is 194 g/mol. The summed E-state index contributed by atoms with van der Waals surface area (Å²) in [7, 11) is 0. The Labute approximate surface area is 87.4 Å². The van der Waals surface area contributed by atoms with Gasteiger partial charge in [0.15, 0.2) is 5.60 Å². The number of carbonyl (C=O) groups is 1. The van der Waals surface area contributed by atoms with E-state index in [1.807, 2.05) is 6.07 Å². The molecule has 0 saturated heterocycles. The molecule has 0 bridgehead atoms. The van der Waals surface area contributed by atoms with Crippen molar-refractivity contribution in [3.63, 3.8) is 0 Å². The van der Waals surface area contributed by atoms with Gasteiger partial charge in [-0.15, -0.1) is 0 Å². The zero-order valence-corrected chi connectivity index (χ0v) is 8.27. The Hall–Kier alpha value is -1.86. The van der Waals surface area contributed by atoms with Gasteiger partial charge in [-0.25, -0.2) is 4.79 Å². The fourth-order valence-corrected chi connectivity index (χ4v) is 1.17. The van der Waals surface area contributed by atoms with Crippen LogP contribution in [0.1, 0.15) is 18.1 Å². The van der Waals surface area contributed by atoms with E-state index in [4.69, 9.17) is 10.4 Å². The summed E-state index contributed by atoms with van der Waals surface area (Å²) in [5.41, 5.74) is -0.580. The zero-order chi connectivity index (χ0) is 11.5. The normalized spacial score (nSPS) is 13.9. The molecule has 1 rings (SSSR count). The topological polar surface area (TPSA) is 81.3 Å². The number of aliphatic carboxylic acids is 1. The van der Waals surface area contributed by atoms with E-state index in [0.29, 0.717) is 11.1 Å². The fraction of sp³-hybridized carbons (Fsp3) is 0.273. The third-order valence-electron chi connectivity index (χ3n) is 2.09. The van der Waals surface area contributed by atoms with Gasteiger partial charge >= 0.3 is 5.97 Å². The van der Waals surface area contributed by atoms with Gasteiger partial charge in [0.2, 0.25) is 0 Å². The second-order valence-corrected chi connectivity index (χ2v) is 3.56. The Morgan fingerprint density at radius 3 is 2.40 bits per heavy atom. The summed E-state index contributed by atoms with van der Waals surface area (Å²) in [6, 6.07) is 8.41. The first-order valence-corrected chi connectivity index (χ1v) is 4.40. The molecule has 0 heterocycles. The number of carboxylic acids is 1. The van der Waals surface area contributed by atoms with Crippen LogP contribution in [0.2, 0.25) is 0 Å². The first kappa shape index (κ1) is 11.2. The van der Waals surface area contributed by atoms with Gasteiger partial charge < -0.3 is 10.2 Å². The van der Waals surface area contributed by atoms with Crippen molar-refractivity contribution in [1.29, 1.82) is 5.26 Å². The van der Waals surface area contributed by atoms with Crippen molar-refractivity contribution < 1.29 is 15.0 Å². The highest BCUT2D eigenvalue weighted by Crippen LogP contribution is 2.14. The molecule has 0 aliphatic rings. The maximum absolute atomic E-state index is 10.6. The number of aliphatic hydroxyl groups is 1. The number of rotatable bonds is 3. The lowest BCUT2D eigenvalue weighted by molar-refractivity contribution is -0.156. The fourth-order valence-electron chi connectivity index (χ4n) is 1.17. The molecule has 1 aromatic rings. The summed E-state index contributed by atoms with van der Waals surface area (Å²) in [4.78, 5) is 10.6. The Balaban J connectivity index is 2.83. The largest absolute Gasteiger partial charge is 0.479 e. The Morgan fingerprint density at radius 1 is 1.47 bits per heavy atom. The molecule has 0 radical (unpaired) electrons. The molecule has 4 nitrogen and oxygen atoms in total. The second-order valence-electron chi connectivity index (χ2n) is 3.56. The number of nitriles is 1. The van der Waals surface area contributed by atoms with E-state index in [2.05, 4.69) is 0 Å². The molecule has 0 spiro atoms. The summed E-state index contributed by atoms with van der Waals surface area (Å²) in [5.74, 6) is -1.26. The SMILES string of the molecule is CC(O)(Cc1ccc(C#N)cc1)C(=O)O. The summed E-state index contributed by atoms with van der Waals surface area (Å²) in [6.45, 7) is 1.24. The zero-order valence-electron chi connectivity index (χ0n) is 8.27. The highest BCUT2D eigenvalue weighted by molar-refractivity contribution is 5.76. The number of nitrogens with zero attached hydrogens (tertiary/aromatic N) is 1. The molecule has 0 aliphatic heterocycles. The monoisotopic (exact) mass is 205 g/mol. The predicted octanol–water partition coefficient (Wildman–Crippen LogP) is 0.936. The van der Waals surface area contributed by atoms with E-state index in [1.54, 1.807) is 24.3 Å². The van der Waals surface area contributed by atoms with Crippen LogP contribution in [0.3, 0.4) is 0 Å². The van der Waals surface area contributed by atoms with Crippen LogP contribution in [-0.2, 0) is 11.2 Å². The first-order chi connectivity index (χ1) is 6.95. The predicted molar refractivity (Wildman–Crippen MR) is 53.1 cm³/mol. The standard InChI is InChI=1S/C11H11NO3/c1-11(15,10(13)14)6-8-2-4-9(7-12)5-3-8/h2-5,15H,6H2,1H3,(H,13,14). The van der Waals surface area contributed by atoms with Crippen molar-refractivity contribution in [1.82, 2.24) is 0 Å². The minimum atomic E-state index is -1.77. The lowest BCUT2D eigenvalue weighted by Crippen LogP contribution is -2.37. The quantitative estimate of drug-likeness (QED) is 0.769. The second kappa shape index (κ2) is 4.11. The van der Waals surface area contributed by atoms with Crippen LogP contribution in [-0.4, -0.2) is 21.8 Å². The van der Waals surface area contributed by atoms with Gasteiger partial charge in [0.1, 0.15) is 0 Å². The molecule has 2 N–H and O–H groups in total. The maximum Gasteiger partial charge on any atom is 0.335 e. The molecule has 1 aromatic carbocycles. The van der Waals surface area contributed by atoms with Crippen LogP contribution in [0, 0.1) is 11.3 Å². The van der Waals surface area contributed by atoms with Crippen LogP contribution in [0.25, 0.3) is 0 Å². The molecule has 4 heteroatoms. The van der Waals surface area contributed by atoms with Crippen molar-refractivity contribution in [3.05, 3.63) is 35.4 Å². The Kier molecular flexibility index (Phi) is 3.08. The van der Waals surface area contributed by atoms with E-state index in [0.717, 1.165) is 0 Å². The van der Waals surface area contributed by atoms with E-state index in [9.17, 15) is 9.90 Å². The van der Waals surface area contributed by atoms with Gasteiger partial charge in [0.25, 0.3) is 0 Å². The first-order valence-electron chi connectivity index (χ1n) is 4.40. The van der Waals surface area contributed by atoms with E-state index in [-0.39, 0.29) is 6.42 Å². The summed E-state index contributed by atoms with van der Waals surface area (Å²) < 4.78 is 0. The summed E-state index contributed by atoms with van der Waals surface area (Å²) in [5, 5.41) is 26.8. The van der Waals surface area contributed by atoms with Crippen molar-refractivity contribution in [2.24, 2.45) is 0 Å². The van der Waals surface area contributed by atoms with Crippen molar-refractivity contribution in [2.45, 2.75) is 18.9 Å². The summed E-state index contributed by atoms with van der Waals surface area (Å²) >= 11 is 0. The number of benzene rings is 1. The molecule has 1 unspecified atom stereocenters. The van der Waals surface area contributed by atoms with Crippen LogP contribution in [0.15, 0.2) is 24.3 Å². The summed E-state index contributed by atoms with van der Waals surface area (Å²) in [6.07, 6.45) is 0.0219. The van der Waals surface area contributed by atoms with Crippen LogP contribution in [0.4, 0.5) is 0 Å². The van der Waals surface area contributed by atoms with Crippen LogP contribution in [0.5, 0.6) is 0 Å². The third kappa shape index (κ3) is 2.79. The van der Waals surface area contributed by atoms with Gasteiger partial charge in [-0.2, -0.15) is 5.26 Å². The van der Waals surface area contributed by atoms with E-state index in [1.165, 1.54) is 6.92 Å². The van der Waals surface area contributed by atoms with E-state index < -0.39 is 11.6 Å². The lowest BCUT2D eigenvalue weighted by Gasteiger charge is -2.17. The molecule has 0 aromatic heterocycles. The van der Waals surface area contributed by atoms with Crippen molar-refractivity contribution in [2.75, 3.05) is 0 Å². The van der Waals surface area contributed by atoms with Gasteiger partial charge in [-0.1, -0.05) is 12.1 Å². The van der Waals surface area contributed by atoms with Gasteiger partial charge in [-0.3, -0.25) is 0 Å². The van der Waals surface area contributed by atoms with Crippen molar-refractivity contribution in [3.8, 4) is 6.07 Å². The Morgan fingerprint density at radius 2 is 2.00 bits per heavy atom. The molecule has 0 amide bonds. The third-order valence-corrected chi connectivity index (χ3v) is 2.09. The maximum atomic E-state index is 10.6. The van der Waals surface area contributed by atoms with Gasteiger partial charge in [-0.05, 0) is 24.6 Å². The minimum Gasteiger partial charge on any atom is -0.479 e. The molecular formula is C11H11NO3. The lowest BCUT2D eigenvalue weighted by atomic mass is 9.96. The van der Waals surface area contributed by atoms with E-state index >= 15 is 0 Å². The molecule has 15 heavy (non-hydrogen) atoms. The average Bonchev–Trinajstić information content (AvgIpc) is 2.18. The molecule has 78 valence electrons. The van der Waals surface area contributed by atoms with Gasteiger partial charge in [0.05, 0.1) is 11.6 Å². The minimum absolute atomic E-state index is 0.0219. The highest BCUT2D eigenvalue weighted by atomic mass is 16.4. The molecule has 0 saturated carbocycles. The molecule has 0 fully saturated rings. The number of carboxylic acid groups (broad SMARTS) is 1. The molecule has 1 atom stereocenters. The smallest absolute Gasteiger partial charge is 0.335 e.